The van der Waals surface area contributed by atoms with Gasteiger partial charge in [-0.05, 0) is 30.9 Å². The van der Waals surface area contributed by atoms with Gasteiger partial charge in [0, 0.05) is 26.2 Å². The number of aromatic nitrogens is 3. The van der Waals surface area contributed by atoms with E-state index in [0.29, 0.717) is 24.0 Å². The number of anilines is 2. The minimum Gasteiger partial charge on any atom is -0.369 e. The van der Waals surface area contributed by atoms with Crippen molar-refractivity contribution in [2.75, 3.05) is 29.9 Å². The summed E-state index contributed by atoms with van der Waals surface area (Å²) < 4.78 is 15.5. The topological polar surface area (TPSA) is 75.1 Å². The molecular weight excluding hydrogens is 323 g/mol. The molecule has 2 amide bonds. The van der Waals surface area contributed by atoms with Gasteiger partial charge in [-0.3, -0.25) is 10.00 Å². The van der Waals surface area contributed by atoms with Crippen LogP contribution in [0.15, 0.2) is 30.5 Å². The van der Waals surface area contributed by atoms with E-state index in [9.17, 15) is 9.18 Å². The molecule has 134 valence electrons. The third kappa shape index (κ3) is 4.46. The predicted molar refractivity (Wildman–Crippen MR) is 94.1 cm³/mol. The zero-order valence-electron chi connectivity index (χ0n) is 14.3. The summed E-state index contributed by atoms with van der Waals surface area (Å²) in [6.45, 7) is 4.88. The molecule has 0 aliphatic carbocycles. The second kappa shape index (κ2) is 7.96. The highest BCUT2D eigenvalue weighted by Crippen LogP contribution is 2.25. The van der Waals surface area contributed by atoms with Crippen molar-refractivity contribution in [1.82, 2.24) is 20.3 Å². The molecule has 1 atom stereocenters. The van der Waals surface area contributed by atoms with E-state index in [-0.39, 0.29) is 11.8 Å². The molecule has 2 aromatic rings. The largest absolute Gasteiger partial charge is 0.369 e. The molecule has 1 saturated heterocycles. The number of benzene rings is 1. The summed E-state index contributed by atoms with van der Waals surface area (Å²) in [7, 11) is 0. The number of aryl methyl sites for hydroxylation is 1. The number of hydrogen-bond donors (Lipinski definition) is 2. The smallest absolute Gasteiger partial charge is 0.320 e. The van der Waals surface area contributed by atoms with E-state index < -0.39 is 0 Å². The molecule has 0 unspecified atom stereocenters. The van der Waals surface area contributed by atoms with Gasteiger partial charge in [0.2, 0.25) is 0 Å². The molecule has 1 aliphatic rings. The van der Waals surface area contributed by atoms with Gasteiger partial charge >= 0.3 is 6.03 Å². The van der Waals surface area contributed by atoms with Crippen LogP contribution in [0.1, 0.15) is 19.8 Å². The summed E-state index contributed by atoms with van der Waals surface area (Å²) in [6, 6.07) is 6.49. The minimum atomic E-state index is -0.298. The van der Waals surface area contributed by atoms with Crippen LogP contribution in [-0.4, -0.2) is 40.7 Å². The van der Waals surface area contributed by atoms with Gasteiger partial charge < -0.3 is 10.2 Å². The average Bonchev–Trinajstić information content (AvgIpc) is 3.23. The van der Waals surface area contributed by atoms with Crippen molar-refractivity contribution in [3.63, 3.8) is 0 Å². The van der Waals surface area contributed by atoms with E-state index in [1.807, 2.05) is 17.9 Å². The minimum absolute atomic E-state index is 0.205. The number of urea groups is 1. The lowest BCUT2D eigenvalue weighted by atomic mass is 10.1. The third-order valence-electron chi connectivity index (χ3n) is 4.26. The van der Waals surface area contributed by atoms with E-state index in [2.05, 4.69) is 20.9 Å². The van der Waals surface area contributed by atoms with E-state index in [1.54, 1.807) is 23.0 Å². The summed E-state index contributed by atoms with van der Waals surface area (Å²) in [5.41, 5.74) is 0.627. The first-order chi connectivity index (χ1) is 12.2. The molecule has 2 N–H and O–H groups in total. The van der Waals surface area contributed by atoms with Crippen molar-refractivity contribution in [3.8, 4) is 0 Å². The summed E-state index contributed by atoms with van der Waals surface area (Å²) in [6.07, 6.45) is 3.58. The number of nitrogens with one attached hydrogen (secondary N) is 2. The number of para-hydroxylation sites is 1. The average molecular weight is 346 g/mol. The lowest BCUT2D eigenvalue weighted by Gasteiger charge is -2.19. The Morgan fingerprint density at radius 1 is 1.40 bits per heavy atom. The molecular formula is C17H23FN6O. The van der Waals surface area contributed by atoms with Gasteiger partial charge in [-0.25, -0.2) is 9.18 Å². The second-order valence-corrected chi connectivity index (χ2v) is 6.25. The Morgan fingerprint density at radius 2 is 2.24 bits per heavy atom. The highest BCUT2D eigenvalue weighted by molar-refractivity contribution is 5.87. The van der Waals surface area contributed by atoms with Crippen LogP contribution in [0.3, 0.4) is 0 Å². The fourth-order valence-corrected chi connectivity index (χ4v) is 3.02. The van der Waals surface area contributed by atoms with Gasteiger partial charge in [-0.2, -0.15) is 0 Å². The Bertz CT molecular complexity index is 719. The Balaban J connectivity index is 1.44. The lowest BCUT2D eigenvalue weighted by Crippen LogP contribution is -2.34. The van der Waals surface area contributed by atoms with Gasteiger partial charge in [0.1, 0.15) is 5.82 Å². The molecule has 0 spiro atoms. The summed E-state index contributed by atoms with van der Waals surface area (Å²) in [4.78, 5) is 14.0. The van der Waals surface area contributed by atoms with Crippen LogP contribution in [0, 0.1) is 11.7 Å². The highest BCUT2D eigenvalue weighted by Gasteiger charge is 2.24. The van der Waals surface area contributed by atoms with Crippen LogP contribution >= 0.6 is 0 Å². The number of nitrogens with zero attached hydrogens (tertiary/aromatic N) is 4. The van der Waals surface area contributed by atoms with Crippen LogP contribution in [0.4, 0.5) is 20.7 Å². The zero-order chi connectivity index (χ0) is 17.6. The molecule has 1 aliphatic heterocycles. The molecule has 0 bridgehead atoms. The van der Waals surface area contributed by atoms with E-state index in [1.165, 1.54) is 6.07 Å². The fourth-order valence-electron chi connectivity index (χ4n) is 3.02. The first kappa shape index (κ1) is 17.2. The maximum Gasteiger partial charge on any atom is 0.320 e. The molecule has 3 rings (SSSR count). The fraction of sp³-hybridized carbons (Fsp3) is 0.471. The van der Waals surface area contributed by atoms with Gasteiger partial charge in [-0.15, -0.1) is 5.10 Å². The van der Waals surface area contributed by atoms with Gasteiger partial charge in [0.25, 0.3) is 0 Å². The molecule has 0 radical (unpaired) electrons. The van der Waals surface area contributed by atoms with Crippen molar-refractivity contribution in [1.29, 1.82) is 0 Å². The normalized spacial score (nSPS) is 16.9. The number of amides is 2. The van der Waals surface area contributed by atoms with Crippen molar-refractivity contribution in [3.05, 3.63) is 36.3 Å². The van der Waals surface area contributed by atoms with Gasteiger partial charge in [0.05, 0.1) is 11.9 Å². The van der Waals surface area contributed by atoms with Crippen molar-refractivity contribution in [2.24, 2.45) is 5.92 Å². The number of halogens is 1. The summed E-state index contributed by atoms with van der Waals surface area (Å²) in [5.74, 6) is 0.524. The van der Waals surface area contributed by atoms with E-state index in [4.69, 9.17) is 0 Å². The Kier molecular flexibility index (Phi) is 5.47. The molecule has 7 nitrogen and oxygen atoms in total. The zero-order valence-corrected chi connectivity index (χ0v) is 14.3. The van der Waals surface area contributed by atoms with Crippen LogP contribution in [0.5, 0.6) is 0 Å². The number of hydrogen-bond acceptors (Lipinski definition) is 4. The molecule has 1 aromatic carbocycles. The van der Waals surface area contributed by atoms with Crippen LogP contribution in [0.2, 0.25) is 0 Å². The Labute approximate surface area is 146 Å². The van der Waals surface area contributed by atoms with Crippen molar-refractivity contribution >= 4 is 17.5 Å². The monoisotopic (exact) mass is 346 g/mol. The third-order valence-corrected chi connectivity index (χ3v) is 4.26. The maximum absolute atomic E-state index is 13.8. The first-order valence-electron chi connectivity index (χ1n) is 8.60. The van der Waals surface area contributed by atoms with Crippen molar-refractivity contribution in [2.45, 2.75) is 26.3 Å². The summed E-state index contributed by atoms with van der Waals surface area (Å²) >= 11 is 0. The van der Waals surface area contributed by atoms with Crippen molar-refractivity contribution < 1.29 is 9.18 Å². The van der Waals surface area contributed by atoms with Gasteiger partial charge in [0.15, 0.2) is 5.82 Å². The highest BCUT2D eigenvalue weighted by atomic mass is 19.1. The van der Waals surface area contributed by atoms with Gasteiger partial charge in [-0.1, -0.05) is 24.3 Å². The molecule has 2 heterocycles. The number of carbonyl (C=O) groups excluding carboxylic acids is 1. The Hall–Kier alpha value is -2.64. The molecule has 8 heteroatoms. The van der Waals surface area contributed by atoms with Crippen LogP contribution in [0.25, 0.3) is 0 Å². The quantitative estimate of drug-likeness (QED) is 0.843. The molecule has 25 heavy (non-hydrogen) atoms. The van der Waals surface area contributed by atoms with Crippen LogP contribution < -0.4 is 15.5 Å². The summed E-state index contributed by atoms with van der Waals surface area (Å²) in [5, 5.41) is 13.4. The lowest BCUT2D eigenvalue weighted by molar-refractivity contribution is 0.250. The molecule has 1 aromatic heterocycles. The molecule has 0 saturated carbocycles. The molecule has 1 fully saturated rings. The SMILES string of the molecule is CCCn1cc(NC(=O)NC[C@@H]2CCN(c3ccccc3F)C2)nn1. The van der Waals surface area contributed by atoms with Crippen LogP contribution in [-0.2, 0) is 6.54 Å². The van der Waals surface area contributed by atoms with E-state index >= 15 is 0 Å². The Morgan fingerprint density at radius 3 is 3.04 bits per heavy atom. The maximum atomic E-state index is 13.8. The second-order valence-electron chi connectivity index (χ2n) is 6.25. The predicted octanol–water partition coefficient (Wildman–Crippen LogP) is 2.48. The standard InChI is InChI=1S/C17H23FN6O/c1-2-8-24-12-16(21-22-24)20-17(25)19-10-13-7-9-23(11-13)15-6-4-3-5-14(15)18/h3-6,12-13H,2,7-11H2,1H3,(H2,19,20,25)/t13-/m0/s1. The first-order valence-corrected chi connectivity index (χ1v) is 8.60. The number of rotatable bonds is 6. The number of carbonyl (C=O) groups is 1. The van der Waals surface area contributed by atoms with E-state index in [0.717, 1.165) is 32.5 Å².